The van der Waals surface area contributed by atoms with Crippen LogP contribution in [0.4, 0.5) is 23.4 Å². The molecule has 1 atom stereocenters. The molecule has 33 heavy (non-hydrogen) atoms. The minimum absolute atomic E-state index is 0.168. The van der Waals surface area contributed by atoms with Crippen molar-refractivity contribution in [1.29, 1.82) is 0 Å². The topological polar surface area (TPSA) is 78.0 Å². The summed E-state index contributed by atoms with van der Waals surface area (Å²) in [5, 5.41) is 5.50. The number of alkyl halides is 3. The van der Waals surface area contributed by atoms with Crippen molar-refractivity contribution in [1.82, 2.24) is 20.1 Å². The molecule has 0 saturated carbocycles. The van der Waals surface area contributed by atoms with E-state index in [1.165, 1.54) is 0 Å². The Morgan fingerprint density at radius 2 is 2.06 bits per heavy atom. The lowest BCUT2D eigenvalue weighted by Gasteiger charge is -2.26. The lowest BCUT2D eigenvalue weighted by atomic mass is 9.97. The van der Waals surface area contributed by atoms with Crippen LogP contribution in [0.1, 0.15) is 62.1 Å². The number of nitrogens with zero attached hydrogens (tertiary/aromatic N) is 3. The summed E-state index contributed by atoms with van der Waals surface area (Å²) in [6.07, 6.45) is -14.1. The molecule has 3 N–H and O–H groups in total. The van der Waals surface area contributed by atoms with Crippen LogP contribution in [0.3, 0.4) is 0 Å². The van der Waals surface area contributed by atoms with E-state index in [1.54, 1.807) is 5.32 Å². The molecule has 1 aliphatic rings. The maximum Gasteiger partial charge on any atom is 0.429 e. The Morgan fingerprint density at radius 3 is 2.76 bits per heavy atom. The first kappa shape index (κ1) is 10.9. The molecule has 4 rings (SSSR count). The van der Waals surface area contributed by atoms with Crippen molar-refractivity contribution < 1.29 is 42.9 Å². The third-order valence-corrected chi connectivity index (χ3v) is 4.47. The molecule has 0 radical (unpaired) electrons. The summed E-state index contributed by atoms with van der Waals surface area (Å²) < 4.78 is 184. The molecule has 0 amide bonds. The fourth-order valence-electron chi connectivity index (χ4n) is 2.91. The quantitative estimate of drug-likeness (QED) is 0.511. The van der Waals surface area contributed by atoms with E-state index in [9.17, 15) is 17.6 Å². The number of piperidine rings is 1. The largest absolute Gasteiger partial charge is 0.472 e. The third-order valence-electron chi connectivity index (χ3n) is 4.47. The highest BCUT2D eigenvalue weighted by atomic mass is 19.4. The average molecular weight is 479 g/mol. The summed E-state index contributed by atoms with van der Waals surface area (Å²) in [6, 6.07) is -0.826. The molecule has 2 aromatic heterocycles. The number of anilines is 1. The second-order valence-electron chi connectivity index (χ2n) is 6.66. The monoisotopic (exact) mass is 478 g/mol. The van der Waals surface area contributed by atoms with Gasteiger partial charge in [-0.3, -0.25) is 4.68 Å². The Hall–Kier alpha value is -3.14. The van der Waals surface area contributed by atoms with Crippen molar-refractivity contribution in [3.8, 4) is 16.9 Å². The van der Waals surface area contributed by atoms with E-state index < -0.39 is 91.8 Å². The van der Waals surface area contributed by atoms with Crippen LogP contribution in [0.2, 0.25) is 0 Å². The van der Waals surface area contributed by atoms with Gasteiger partial charge in [0.25, 0.3) is 0 Å². The summed E-state index contributed by atoms with van der Waals surface area (Å²) >= 11 is 0. The zero-order valence-electron chi connectivity index (χ0n) is 31.4. The van der Waals surface area contributed by atoms with E-state index in [4.69, 9.17) is 31.0 Å². The summed E-state index contributed by atoms with van der Waals surface area (Å²) in [4.78, 5) is 3.69. The van der Waals surface area contributed by atoms with Gasteiger partial charge in [-0.15, -0.1) is 0 Å². The van der Waals surface area contributed by atoms with E-state index in [-0.39, 0.29) is 11.1 Å². The van der Waals surface area contributed by atoms with Crippen molar-refractivity contribution in [2.75, 3.05) is 18.7 Å². The zero-order chi connectivity index (χ0) is 36.8. The van der Waals surface area contributed by atoms with Crippen LogP contribution < -0.4 is 15.8 Å². The summed E-state index contributed by atoms with van der Waals surface area (Å²) in [6.45, 7) is -13.5. The zero-order valence-corrected chi connectivity index (χ0v) is 16.4. The van der Waals surface area contributed by atoms with Gasteiger partial charge < -0.3 is 15.8 Å². The van der Waals surface area contributed by atoms with Gasteiger partial charge in [-0.05, 0) is 62.7 Å². The first-order valence-electron chi connectivity index (χ1n) is 16.6. The molecule has 176 valence electrons. The Morgan fingerprint density at radius 1 is 1.27 bits per heavy atom. The average Bonchev–Trinajstić information content (AvgIpc) is 3.35. The number of rotatable bonds is 5. The van der Waals surface area contributed by atoms with Crippen LogP contribution in [0.15, 0.2) is 36.8 Å². The number of nitrogens with two attached hydrogens (primary N) is 1. The smallest absolute Gasteiger partial charge is 0.429 e. The van der Waals surface area contributed by atoms with Gasteiger partial charge in [-0.2, -0.15) is 18.3 Å². The fourth-order valence-corrected chi connectivity index (χ4v) is 2.91. The minimum Gasteiger partial charge on any atom is -0.472 e. The lowest BCUT2D eigenvalue weighted by molar-refractivity contribution is -0.198. The van der Waals surface area contributed by atoms with Crippen LogP contribution in [-0.4, -0.2) is 33.9 Å². The predicted octanol–water partition coefficient (Wildman–Crippen LogP) is 4.89. The molecule has 1 aliphatic heterocycles. The molecule has 3 heterocycles. The maximum atomic E-state index is 14.9. The molecule has 6 nitrogen and oxygen atoms in total. The normalized spacial score (nSPS) is 30.6. The van der Waals surface area contributed by atoms with E-state index in [0.717, 1.165) is 24.7 Å². The molecule has 1 unspecified atom stereocenters. The van der Waals surface area contributed by atoms with Gasteiger partial charge in [0, 0.05) is 48.3 Å². The van der Waals surface area contributed by atoms with Gasteiger partial charge >= 0.3 is 6.18 Å². The molecule has 10 heteroatoms. The van der Waals surface area contributed by atoms with E-state index in [2.05, 4.69) is 10.1 Å². The summed E-state index contributed by atoms with van der Waals surface area (Å²) in [5.41, 5.74) is 0.360. The standard InChI is InChI=1S/C23H25F4N5O/c1-13-3-4-18(24)14(2)20(13)21(23(25,26)27)33-19-9-15(10-30-22(19)28)16-11-31-32(12-16)17-5-7-29-8-6-17/h3-4,9-12,17,21,29H,5-8H2,1-2H3,(H2,28,30)/i1D3,2D3,5D2,6D2,7D2,8D2,21D. The molecule has 0 aliphatic carbocycles. The number of ether oxygens (including phenoxy) is 1. The summed E-state index contributed by atoms with van der Waals surface area (Å²) in [7, 11) is 0. The molecular weight excluding hydrogens is 438 g/mol. The van der Waals surface area contributed by atoms with Crippen molar-refractivity contribution in [2.24, 2.45) is 0 Å². The molecule has 1 aromatic carbocycles. The Balaban J connectivity index is 1.89. The molecule has 3 aromatic rings. The van der Waals surface area contributed by atoms with Gasteiger partial charge in [-0.1, -0.05) is 6.07 Å². The van der Waals surface area contributed by atoms with Crippen molar-refractivity contribution in [3.63, 3.8) is 0 Å². The molecule has 1 saturated heterocycles. The van der Waals surface area contributed by atoms with Crippen molar-refractivity contribution >= 4 is 5.82 Å². The number of benzene rings is 1. The van der Waals surface area contributed by atoms with Crippen molar-refractivity contribution in [2.45, 2.75) is 44.7 Å². The van der Waals surface area contributed by atoms with Crippen LogP contribution in [-0.2, 0) is 0 Å². The van der Waals surface area contributed by atoms with Crippen LogP contribution in [0.25, 0.3) is 11.1 Å². The number of hydrogen-bond acceptors (Lipinski definition) is 5. The van der Waals surface area contributed by atoms with Crippen LogP contribution >= 0.6 is 0 Å². The van der Waals surface area contributed by atoms with E-state index >= 15 is 0 Å². The van der Waals surface area contributed by atoms with E-state index in [0.29, 0.717) is 16.8 Å². The molecule has 1 fully saturated rings. The highest BCUT2D eigenvalue weighted by Crippen LogP contribution is 2.41. The first-order chi connectivity index (χ1) is 21.4. The maximum absolute atomic E-state index is 14.9. The Kier molecular flexibility index (Phi) is 2.96. The second-order valence-corrected chi connectivity index (χ2v) is 6.66. The third kappa shape index (κ3) is 4.80. The number of nitrogens with one attached hydrogen (secondary N) is 1. The first-order valence-corrected chi connectivity index (χ1v) is 9.09. The van der Waals surface area contributed by atoms with Crippen LogP contribution in [0, 0.1) is 19.5 Å². The Labute approximate surface area is 209 Å². The number of hydrogen-bond donors (Lipinski definition) is 2. The van der Waals surface area contributed by atoms with Gasteiger partial charge in [0.2, 0.25) is 6.08 Å². The number of aryl methyl sites for hydroxylation is 1. The molecule has 0 spiro atoms. The minimum atomic E-state index is -5.95. The van der Waals surface area contributed by atoms with Crippen LogP contribution in [0.5, 0.6) is 5.75 Å². The number of nitrogen functional groups attached to an aromatic ring is 1. The molecular formula is C23H25F4N5O. The predicted molar refractivity (Wildman–Crippen MR) is 116 cm³/mol. The van der Waals surface area contributed by atoms with Gasteiger partial charge in [0.1, 0.15) is 5.82 Å². The lowest BCUT2D eigenvalue weighted by Crippen LogP contribution is -2.29. The van der Waals surface area contributed by atoms with Gasteiger partial charge in [-0.25, -0.2) is 9.37 Å². The SMILES string of the molecule is [2H]C([2H])([2H])c1ccc(F)c(C([2H])([2H])[2H])c1C([2H])(Oc1cc(-c2cnn(C3C([2H])([2H])C([2H])([2H])NC([2H])([2H])C3([2H])[2H])c2)cnc1N)C(F)(F)F. The number of halogens is 4. The molecule has 0 bridgehead atoms. The Bertz CT molecular complexity index is 1700. The van der Waals surface area contributed by atoms with E-state index in [1.807, 2.05) is 0 Å². The van der Waals surface area contributed by atoms with Crippen molar-refractivity contribution in [3.05, 3.63) is 59.3 Å². The number of pyridine rings is 1. The van der Waals surface area contributed by atoms with Gasteiger partial charge in [0.05, 0.1) is 13.6 Å². The highest BCUT2D eigenvalue weighted by Gasteiger charge is 2.45. The second kappa shape index (κ2) is 9.01. The van der Waals surface area contributed by atoms with Gasteiger partial charge in [0.15, 0.2) is 11.6 Å². The number of aromatic nitrogens is 3. The highest BCUT2D eigenvalue weighted by molar-refractivity contribution is 5.66. The fraction of sp³-hybridized carbons (Fsp3) is 0.391. The summed E-state index contributed by atoms with van der Waals surface area (Å²) in [5.74, 6) is -3.69.